The number of amidine groups is 1. The normalized spacial score (nSPS) is 16.5. The fraction of sp³-hybridized carbons (Fsp3) is 0.120. The summed E-state index contributed by atoms with van der Waals surface area (Å²) in [5.74, 6) is -0.0758. The first kappa shape index (κ1) is 22.0. The number of carbonyl (C=O) groups is 1. The van der Waals surface area contributed by atoms with Crippen LogP contribution >= 0.6 is 24.4 Å². The number of para-hydroxylation sites is 3. The van der Waals surface area contributed by atoms with Gasteiger partial charge in [0, 0.05) is 17.6 Å². The van der Waals surface area contributed by atoms with Gasteiger partial charge in [-0.2, -0.15) is 0 Å². The second kappa shape index (κ2) is 9.54. The molecule has 0 unspecified atom stereocenters. The minimum Gasteiger partial charge on any atom is -0.397 e. The molecule has 162 valence electrons. The third kappa shape index (κ3) is 4.54. The lowest BCUT2D eigenvalue weighted by molar-refractivity contribution is -0.122. The Bertz CT molecular complexity index is 1210. The van der Waals surface area contributed by atoms with E-state index in [1.165, 1.54) is 11.8 Å². The summed E-state index contributed by atoms with van der Waals surface area (Å²) in [6.07, 6.45) is 0. The fourth-order valence-corrected chi connectivity index (χ4v) is 4.77. The molecular formula is C25H24N4OS2. The van der Waals surface area contributed by atoms with E-state index in [2.05, 4.69) is 12.6 Å². The van der Waals surface area contributed by atoms with E-state index >= 15 is 0 Å². The zero-order valence-electron chi connectivity index (χ0n) is 17.9. The Balaban J connectivity index is 1.75. The Kier molecular flexibility index (Phi) is 6.58. The second-order valence-electron chi connectivity index (χ2n) is 7.39. The maximum absolute atomic E-state index is 13.5. The highest BCUT2D eigenvalue weighted by atomic mass is 32.2. The number of hydrogen-bond acceptors (Lipinski definition) is 6. The lowest BCUT2D eigenvalue weighted by atomic mass is 10.2. The zero-order valence-corrected chi connectivity index (χ0v) is 19.6. The smallest absolute Gasteiger partial charge is 0.268 e. The number of anilines is 2. The summed E-state index contributed by atoms with van der Waals surface area (Å²) in [4.78, 5) is 23.5. The zero-order chi connectivity index (χ0) is 22.7. The summed E-state index contributed by atoms with van der Waals surface area (Å²) in [6.45, 7) is 2.38. The summed E-state index contributed by atoms with van der Waals surface area (Å²) in [7, 11) is 1.94. The van der Waals surface area contributed by atoms with E-state index in [1.54, 1.807) is 4.90 Å². The largest absolute Gasteiger partial charge is 0.397 e. The molecule has 1 saturated heterocycles. The molecule has 0 spiro atoms. The minimum absolute atomic E-state index is 0.0758. The van der Waals surface area contributed by atoms with Crippen LogP contribution < -0.4 is 10.6 Å². The molecule has 0 saturated carbocycles. The molecule has 0 radical (unpaired) electrons. The second-order valence-corrected chi connectivity index (χ2v) is 8.85. The first-order valence-electron chi connectivity index (χ1n) is 10.1. The van der Waals surface area contributed by atoms with Crippen LogP contribution in [0, 0.1) is 0 Å². The van der Waals surface area contributed by atoms with E-state index in [-0.39, 0.29) is 5.91 Å². The summed E-state index contributed by atoms with van der Waals surface area (Å²) in [5.41, 5.74) is 10.1. The molecular weight excluding hydrogens is 436 g/mol. The molecule has 1 aliphatic rings. The molecule has 0 aliphatic carbocycles. The minimum atomic E-state index is -0.0758. The van der Waals surface area contributed by atoms with Crippen LogP contribution in [0.25, 0.3) is 0 Å². The molecule has 1 amide bonds. The number of amides is 1. The van der Waals surface area contributed by atoms with Gasteiger partial charge >= 0.3 is 0 Å². The van der Waals surface area contributed by atoms with Crippen molar-refractivity contribution in [3.05, 3.63) is 95.0 Å². The van der Waals surface area contributed by atoms with Crippen LogP contribution in [0.4, 0.5) is 17.1 Å². The quantitative estimate of drug-likeness (QED) is 0.292. The Morgan fingerprint density at radius 2 is 1.69 bits per heavy atom. The van der Waals surface area contributed by atoms with E-state index in [9.17, 15) is 4.79 Å². The molecule has 4 rings (SSSR count). The van der Waals surface area contributed by atoms with E-state index in [0.717, 1.165) is 21.8 Å². The molecule has 1 aliphatic heterocycles. The molecule has 32 heavy (non-hydrogen) atoms. The summed E-state index contributed by atoms with van der Waals surface area (Å²) >= 11 is 5.94. The molecule has 5 nitrogen and oxygen atoms in total. The number of thiol groups is 1. The number of benzene rings is 3. The molecule has 3 aromatic carbocycles. The van der Waals surface area contributed by atoms with Crippen LogP contribution in [-0.2, 0) is 11.3 Å². The van der Waals surface area contributed by atoms with Crippen LogP contribution in [0.1, 0.15) is 12.5 Å². The molecule has 0 atom stereocenters. The third-order valence-electron chi connectivity index (χ3n) is 5.27. The van der Waals surface area contributed by atoms with E-state index in [4.69, 9.17) is 10.7 Å². The Hall–Kier alpha value is -3.16. The van der Waals surface area contributed by atoms with Crippen LogP contribution in [0.3, 0.4) is 0 Å². The average Bonchev–Trinajstić information content (AvgIpc) is 3.10. The van der Waals surface area contributed by atoms with Crippen LogP contribution in [-0.4, -0.2) is 23.0 Å². The number of aliphatic imine (C=N–C) groups is 1. The lowest BCUT2D eigenvalue weighted by Crippen LogP contribution is -2.29. The van der Waals surface area contributed by atoms with E-state index in [0.29, 0.717) is 28.0 Å². The van der Waals surface area contributed by atoms with Gasteiger partial charge in [-0.1, -0.05) is 54.6 Å². The van der Waals surface area contributed by atoms with Gasteiger partial charge in [-0.15, -0.1) is 12.6 Å². The van der Waals surface area contributed by atoms with Gasteiger partial charge in [0.25, 0.3) is 5.91 Å². The number of carbonyl (C=O) groups excluding carboxylic acids is 1. The Labute approximate surface area is 198 Å². The van der Waals surface area contributed by atoms with E-state index < -0.39 is 0 Å². The van der Waals surface area contributed by atoms with E-state index in [1.807, 2.05) is 97.7 Å². The SMILES string of the molecule is C/C(=C1\SC(=Nc2ccccc2N)N(Cc2ccccc2)C1=O)N(C)c1ccccc1S. The number of allylic oxidation sites excluding steroid dienone is 1. The van der Waals surface area contributed by atoms with Crippen LogP contribution in [0.15, 0.2) is 99.4 Å². The van der Waals surface area contributed by atoms with Crippen molar-refractivity contribution >= 4 is 52.5 Å². The predicted octanol–water partition coefficient (Wildman–Crippen LogP) is 5.69. The topological polar surface area (TPSA) is 61.9 Å². The Morgan fingerprint density at radius 1 is 1.03 bits per heavy atom. The van der Waals surface area contributed by atoms with Crippen molar-refractivity contribution < 1.29 is 4.79 Å². The van der Waals surface area contributed by atoms with Crippen LogP contribution in [0.5, 0.6) is 0 Å². The van der Waals surface area contributed by atoms with Gasteiger partial charge in [-0.25, -0.2) is 4.99 Å². The van der Waals surface area contributed by atoms with Crippen molar-refractivity contribution in [3.63, 3.8) is 0 Å². The summed E-state index contributed by atoms with van der Waals surface area (Å²) in [5, 5.41) is 0.610. The molecule has 0 bridgehead atoms. The number of thioether (sulfide) groups is 1. The number of nitrogens with zero attached hydrogens (tertiary/aromatic N) is 3. The van der Waals surface area contributed by atoms with Gasteiger partial charge in [0.05, 0.1) is 28.5 Å². The van der Waals surface area contributed by atoms with Crippen molar-refractivity contribution in [2.45, 2.75) is 18.4 Å². The molecule has 1 heterocycles. The van der Waals surface area contributed by atoms with Gasteiger partial charge in [-0.05, 0) is 48.5 Å². The van der Waals surface area contributed by atoms with Gasteiger partial charge in [0.2, 0.25) is 0 Å². The van der Waals surface area contributed by atoms with Crippen LogP contribution in [0.2, 0.25) is 0 Å². The predicted molar refractivity (Wildman–Crippen MR) is 137 cm³/mol. The average molecular weight is 461 g/mol. The number of nitrogen functional groups attached to an aromatic ring is 1. The highest BCUT2D eigenvalue weighted by Gasteiger charge is 2.36. The first-order chi connectivity index (χ1) is 15.5. The molecule has 2 N–H and O–H groups in total. The number of rotatable bonds is 5. The van der Waals surface area contributed by atoms with Crippen molar-refractivity contribution in [2.24, 2.45) is 4.99 Å². The third-order valence-corrected chi connectivity index (χ3v) is 6.82. The van der Waals surface area contributed by atoms with Gasteiger partial charge in [0.1, 0.15) is 0 Å². The molecule has 7 heteroatoms. The van der Waals surface area contributed by atoms with Gasteiger partial charge in [-0.3, -0.25) is 9.69 Å². The van der Waals surface area contributed by atoms with Gasteiger partial charge < -0.3 is 10.6 Å². The molecule has 1 fully saturated rings. The maximum atomic E-state index is 13.5. The first-order valence-corrected chi connectivity index (χ1v) is 11.4. The molecule has 3 aromatic rings. The fourth-order valence-electron chi connectivity index (χ4n) is 3.39. The van der Waals surface area contributed by atoms with Crippen molar-refractivity contribution in [1.82, 2.24) is 4.90 Å². The number of hydrogen-bond donors (Lipinski definition) is 2. The van der Waals surface area contributed by atoms with Gasteiger partial charge in [0.15, 0.2) is 5.17 Å². The Morgan fingerprint density at radius 3 is 2.41 bits per heavy atom. The monoisotopic (exact) mass is 460 g/mol. The lowest BCUT2D eigenvalue weighted by Gasteiger charge is -2.22. The van der Waals surface area contributed by atoms with Crippen molar-refractivity contribution in [2.75, 3.05) is 17.7 Å². The highest BCUT2D eigenvalue weighted by Crippen LogP contribution is 2.38. The van der Waals surface area contributed by atoms with Crippen molar-refractivity contribution in [1.29, 1.82) is 0 Å². The summed E-state index contributed by atoms with van der Waals surface area (Å²) in [6, 6.07) is 25.1. The summed E-state index contributed by atoms with van der Waals surface area (Å²) < 4.78 is 0. The highest BCUT2D eigenvalue weighted by molar-refractivity contribution is 8.18. The molecule has 0 aromatic heterocycles. The van der Waals surface area contributed by atoms with Crippen molar-refractivity contribution in [3.8, 4) is 0 Å². The maximum Gasteiger partial charge on any atom is 0.268 e. The standard InChI is InChI=1S/C25H24N4OS2/c1-17(28(2)21-14-8-9-15-22(21)31)23-24(30)29(16-18-10-4-3-5-11-18)25(32-23)27-20-13-7-6-12-19(20)26/h3-15,31H,16,26H2,1-2H3/b23-17+,27-25?. The number of nitrogens with two attached hydrogens (primary N) is 1.